The molecule has 1 heterocycles. The maximum Gasteiger partial charge on any atom is 0.353 e. The Hall–Kier alpha value is -3.00. The summed E-state index contributed by atoms with van der Waals surface area (Å²) in [6, 6.07) is 7.91. The molecular formula is C21H10F5IN2O. The number of carbonyl (C=O) groups excluding carboxylic acids is 1. The fourth-order valence-electron chi connectivity index (χ4n) is 2.34. The van der Waals surface area contributed by atoms with Crippen LogP contribution in [0.4, 0.5) is 22.0 Å². The normalized spacial score (nSPS) is 11.0. The molecule has 0 unspecified atom stereocenters. The molecule has 0 saturated heterocycles. The molecule has 0 amide bonds. The zero-order valence-electron chi connectivity index (χ0n) is 14.9. The number of rotatable bonds is 4. The van der Waals surface area contributed by atoms with Crippen LogP contribution in [0.5, 0.6) is 0 Å². The SMILES string of the molecule is C=Ic1cc(C#Cc2ccc(C(F)(F)C(=O)c3ccc(F)cc3F)nn2)ccc1F. The highest BCUT2D eigenvalue weighted by Gasteiger charge is 2.44. The van der Waals surface area contributed by atoms with Crippen LogP contribution in [0.25, 0.3) is 0 Å². The van der Waals surface area contributed by atoms with Crippen molar-refractivity contribution in [3.8, 4) is 11.8 Å². The second-order valence-corrected chi connectivity index (χ2v) is 7.77. The average molecular weight is 528 g/mol. The first-order valence-corrected chi connectivity index (χ1v) is 10.7. The smallest absolute Gasteiger partial charge is 0.287 e. The molecule has 0 N–H and O–H groups in total. The summed E-state index contributed by atoms with van der Waals surface area (Å²) in [5.74, 6) is -3.50. The summed E-state index contributed by atoms with van der Waals surface area (Å²) < 4.78 is 73.2. The molecule has 9 heteroatoms. The monoisotopic (exact) mass is 528 g/mol. The number of Topliss-reactive ketones (excluding diaryl/α,β-unsaturated/α-hetero) is 1. The van der Waals surface area contributed by atoms with E-state index in [1.54, 1.807) is 6.07 Å². The van der Waals surface area contributed by atoms with Crippen LogP contribution in [0.15, 0.2) is 48.5 Å². The van der Waals surface area contributed by atoms with E-state index in [0.717, 1.165) is 12.1 Å². The van der Waals surface area contributed by atoms with Crippen molar-refractivity contribution in [3.63, 3.8) is 0 Å². The van der Waals surface area contributed by atoms with E-state index in [0.29, 0.717) is 27.3 Å². The first-order valence-electron chi connectivity index (χ1n) is 8.14. The number of aromatic nitrogens is 2. The third kappa shape index (κ3) is 4.59. The number of benzene rings is 2. The van der Waals surface area contributed by atoms with Gasteiger partial charge in [-0.1, -0.05) is 31.2 Å². The van der Waals surface area contributed by atoms with Crippen LogP contribution < -0.4 is 0 Å². The van der Waals surface area contributed by atoms with E-state index < -0.39 is 55.3 Å². The minimum atomic E-state index is -4.18. The number of halogens is 6. The zero-order chi connectivity index (χ0) is 21.9. The third-order valence-electron chi connectivity index (χ3n) is 3.85. The number of hydrogen-bond acceptors (Lipinski definition) is 3. The van der Waals surface area contributed by atoms with Gasteiger partial charge in [-0.25, -0.2) is 13.2 Å². The molecule has 0 spiro atoms. The second-order valence-electron chi connectivity index (χ2n) is 5.84. The average Bonchev–Trinajstić information content (AvgIpc) is 2.73. The van der Waals surface area contributed by atoms with Crippen LogP contribution >= 0.6 is 20.7 Å². The van der Waals surface area contributed by atoms with Crippen molar-refractivity contribution in [1.82, 2.24) is 10.2 Å². The van der Waals surface area contributed by atoms with Gasteiger partial charge >= 0.3 is 5.92 Å². The second kappa shape index (κ2) is 8.79. The highest BCUT2D eigenvalue weighted by Crippen LogP contribution is 2.31. The van der Waals surface area contributed by atoms with E-state index in [2.05, 4.69) is 26.6 Å². The molecule has 0 aliphatic rings. The third-order valence-corrected chi connectivity index (χ3v) is 5.49. The highest BCUT2D eigenvalue weighted by atomic mass is 127. The minimum absolute atomic E-state index is 0.0326. The molecule has 0 saturated carbocycles. The van der Waals surface area contributed by atoms with Crippen LogP contribution in [0.1, 0.15) is 27.3 Å². The molecule has 0 aliphatic heterocycles. The van der Waals surface area contributed by atoms with Gasteiger partial charge in [-0.05, 0) is 48.4 Å². The van der Waals surface area contributed by atoms with E-state index in [1.807, 2.05) is 0 Å². The molecule has 0 bridgehead atoms. The Bertz CT molecular complexity index is 1200. The lowest BCUT2D eigenvalue weighted by Gasteiger charge is -2.14. The van der Waals surface area contributed by atoms with Crippen LogP contribution in [-0.4, -0.2) is 20.5 Å². The quantitative estimate of drug-likeness (QED) is 0.211. The predicted octanol–water partition coefficient (Wildman–Crippen LogP) is 4.84. The fourth-order valence-corrected chi connectivity index (χ4v) is 3.44. The summed E-state index contributed by atoms with van der Waals surface area (Å²) in [5, 5.41) is 6.86. The Kier molecular flexibility index (Phi) is 6.36. The highest BCUT2D eigenvalue weighted by molar-refractivity contribution is 14.2. The van der Waals surface area contributed by atoms with Crippen LogP contribution in [-0.2, 0) is 5.92 Å². The van der Waals surface area contributed by atoms with Crippen molar-refractivity contribution in [1.29, 1.82) is 0 Å². The number of ketones is 1. The topological polar surface area (TPSA) is 42.9 Å². The lowest BCUT2D eigenvalue weighted by atomic mass is 10.0. The molecule has 0 aliphatic carbocycles. The van der Waals surface area contributed by atoms with E-state index in [9.17, 15) is 26.7 Å². The molecule has 0 radical (unpaired) electrons. The first-order chi connectivity index (χ1) is 14.2. The number of nitrogens with zero attached hydrogens (tertiary/aromatic N) is 2. The van der Waals surface area contributed by atoms with Gasteiger partial charge in [0.25, 0.3) is 0 Å². The van der Waals surface area contributed by atoms with Gasteiger partial charge in [0.05, 0.1) is 5.56 Å². The molecule has 1 aromatic heterocycles. The molecule has 152 valence electrons. The van der Waals surface area contributed by atoms with Gasteiger partial charge in [-0.2, -0.15) is 8.78 Å². The number of alkyl halides is 2. The zero-order valence-corrected chi connectivity index (χ0v) is 17.1. The molecule has 2 aromatic carbocycles. The Balaban J connectivity index is 1.84. The summed E-state index contributed by atoms with van der Waals surface area (Å²) in [4.78, 5) is 12.0. The van der Waals surface area contributed by atoms with Crippen LogP contribution in [0, 0.1) is 32.9 Å². The standard InChI is InChI=1S/C21H10F5IN2O/c1-27-18-10-12(3-8-16(18)23)2-5-14-6-9-19(29-28-14)21(25,26)20(30)15-7-4-13(22)11-17(15)24/h3-4,6-11H,1H2. The van der Waals surface area contributed by atoms with Gasteiger partial charge in [0, 0.05) is 15.2 Å². The van der Waals surface area contributed by atoms with Gasteiger partial charge in [0.2, 0.25) is 5.78 Å². The summed E-state index contributed by atoms with van der Waals surface area (Å²) in [6.07, 6.45) is 0. The molecule has 30 heavy (non-hydrogen) atoms. The van der Waals surface area contributed by atoms with E-state index in [1.165, 1.54) is 12.1 Å². The van der Waals surface area contributed by atoms with E-state index >= 15 is 0 Å². The van der Waals surface area contributed by atoms with E-state index in [-0.39, 0.29) is 11.5 Å². The van der Waals surface area contributed by atoms with Crippen molar-refractivity contribution < 1.29 is 26.7 Å². The number of hydrogen-bond donors (Lipinski definition) is 0. The molecule has 3 aromatic rings. The maximum absolute atomic E-state index is 14.4. The lowest BCUT2D eigenvalue weighted by Crippen LogP contribution is -2.28. The first kappa shape index (κ1) is 21.7. The Morgan fingerprint density at radius 1 is 0.933 bits per heavy atom. The summed E-state index contributed by atoms with van der Waals surface area (Å²) >= 11 is -0.728. The fraction of sp³-hybridized carbons (Fsp3) is 0.0476. The molecule has 3 nitrogen and oxygen atoms in total. The Morgan fingerprint density at radius 3 is 2.33 bits per heavy atom. The van der Waals surface area contributed by atoms with Crippen LogP contribution in [0.2, 0.25) is 0 Å². The lowest BCUT2D eigenvalue weighted by molar-refractivity contribution is 0.00368. The van der Waals surface area contributed by atoms with Gasteiger partial charge in [-0.3, -0.25) is 4.79 Å². The molecule has 3 rings (SSSR count). The Morgan fingerprint density at radius 2 is 1.70 bits per heavy atom. The van der Waals surface area contributed by atoms with Gasteiger partial charge in [0.15, 0.2) is 0 Å². The summed E-state index contributed by atoms with van der Waals surface area (Å²) in [6.45, 7) is 0. The van der Waals surface area contributed by atoms with Crippen molar-refractivity contribution in [3.05, 3.63) is 92.1 Å². The summed E-state index contributed by atoms with van der Waals surface area (Å²) in [5.41, 5.74) is -1.45. The number of carbonyl (C=O) groups is 1. The van der Waals surface area contributed by atoms with Crippen molar-refractivity contribution in [2.24, 2.45) is 0 Å². The van der Waals surface area contributed by atoms with Crippen molar-refractivity contribution >= 4 is 31.0 Å². The molecule has 0 atom stereocenters. The summed E-state index contributed by atoms with van der Waals surface area (Å²) in [7, 11) is 0. The predicted molar refractivity (Wildman–Crippen MR) is 109 cm³/mol. The van der Waals surface area contributed by atoms with E-state index in [4.69, 9.17) is 0 Å². The Labute approximate surface area is 177 Å². The maximum atomic E-state index is 14.4. The molecule has 0 fully saturated rings. The van der Waals surface area contributed by atoms with Gasteiger partial charge in [0.1, 0.15) is 28.8 Å². The van der Waals surface area contributed by atoms with Gasteiger partial charge in [-0.15, -0.1) is 10.2 Å². The van der Waals surface area contributed by atoms with Gasteiger partial charge < -0.3 is 0 Å². The minimum Gasteiger partial charge on any atom is -0.287 e. The molecular weight excluding hydrogens is 518 g/mol. The van der Waals surface area contributed by atoms with Crippen LogP contribution in [0.3, 0.4) is 0 Å². The largest absolute Gasteiger partial charge is 0.353 e. The van der Waals surface area contributed by atoms with Crippen molar-refractivity contribution in [2.75, 3.05) is 0 Å². The van der Waals surface area contributed by atoms with Crippen molar-refractivity contribution in [2.45, 2.75) is 5.92 Å².